The third-order valence-electron chi connectivity index (χ3n) is 1.50. The summed E-state index contributed by atoms with van der Waals surface area (Å²) < 4.78 is 1.10. The van der Waals surface area contributed by atoms with Crippen molar-refractivity contribution < 1.29 is 0 Å². The summed E-state index contributed by atoms with van der Waals surface area (Å²) in [6.07, 6.45) is 0. The summed E-state index contributed by atoms with van der Waals surface area (Å²) in [5, 5.41) is 0. The van der Waals surface area contributed by atoms with Crippen LogP contribution >= 0.6 is 27.7 Å². The van der Waals surface area contributed by atoms with E-state index in [4.69, 9.17) is 0 Å². The summed E-state index contributed by atoms with van der Waals surface area (Å²) in [5.41, 5.74) is 0. The van der Waals surface area contributed by atoms with Crippen molar-refractivity contribution in [3.63, 3.8) is 0 Å². The van der Waals surface area contributed by atoms with Gasteiger partial charge in [-0.3, -0.25) is 4.90 Å². The zero-order valence-corrected chi connectivity index (χ0v) is 8.38. The highest BCUT2D eigenvalue weighted by atomic mass is 79.9. The lowest BCUT2D eigenvalue weighted by atomic mass is 10.4. The second-order valence-corrected chi connectivity index (χ2v) is 4.75. The van der Waals surface area contributed by atoms with Gasteiger partial charge in [0.2, 0.25) is 0 Å². The van der Waals surface area contributed by atoms with Crippen molar-refractivity contribution in [3.8, 4) is 0 Å². The molecule has 1 saturated heterocycles. The third kappa shape index (κ3) is 3.08. The molecule has 1 aliphatic heterocycles. The molecule has 0 aromatic carbocycles. The van der Waals surface area contributed by atoms with E-state index in [1.807, 2.05) is 11.8 Å². The topological polar surface area (TPSA) is 3.24 Å². The van der Waals surface area contributed by atoms with E-state index in [0.717, 1.165) is 11.0 Å². The lowest BCUT2D eigenvalue weighted by Gasteiger charge is -2.25. The third-order valence-corrected chi connectivity index (χ3v) is 2.69. The highest BCUT2D eigenvalue weighted by Gasteiger charge is 2.09. The van der Waals surface area contributed by atoms with Crippen LogP contribution < -0.4 is 0 Å². The van der Waals surface area contributed by atoms with Gasteiger partial charge in [-0.1, -0.05) is 22.5 Å². The fraction of sp³-hybridized carbons (Fsp3) is 0.714. The molecule has 1 fully saturated rings. The van der Waals surface area contributed by atoms with Gasteiger partial charge in [0.15, 0.2) is 0 Å². The molecule has 0 saturated carbocycles. The Morgan fingerprint density at radius 2 is 2.10 bits per heavy atom. The van der Waals surface area contributed by atoms with Crippen LogP contribution in [0.4, 0.5) is 0 Å². The molecule has 0 aromatic rings. The maximum atomic E-state index is 3.82. The Labute approximate surface area is 75.0 Å². The first-order valence-electron chi connectivity index (χ1n) is 3.42. The van der Waals surface area contributed by atoms with Crippen molar-refractivity contribution >= 4 is 27.7 Å². The molecule has 1 nitrogen and oxygen atoms in total. The van der Waals surface area contributed by atoms with Gasteiger partial charge in [0.25, 0.3) is 0 Å². The second kappa shape index (κ2) is 4.42. The Morgan fingerprint density at radius 1 is 1.50 bits per heavy atom. The van der Waals surface area contributed by atoms with Crippen LogP contribution in [0.25, 0.3) is 0 Å². The predicted octanol–water partition coefficient (Wildman–Crippen LogP) is 1.94. The minimum Gasteiger partial charge on any atom is -0.297 e. The smallest absolute Gasteiger partial charge is 0.0294 e. The molecule has 10 heavy (non-hydrogen) atoms. The van der Waals surface area contributed by atoms with Crippen molar-refractivity contribution in [3.05, 3.63) is 11.1 Å². The van der Waals surface area contributed by atoms with E-state index in [1.54, 1.807) is 0 Å². The molecule has 58 valence electrons. The van der Waals surface area contributed by atoms with E-state index in [0.29, 0.717) is 0 Å². The monoisotopic (exact) mass is 221 g/mol. The van der Waals surface area contributed by atoms with Gasteiger partial charge in [0.05, 0.1) is 0 Å². The molecule has 0 atom stereocenters. The highest BCUT2D eigenvalue weighted by molar-refractivity contribution is 9.11. The van der Waals surface area contributed by atoms with Gasteiger partial charge in [-0.05, 0) is 0 Å². The van der Waals surface area contributed by atoms with Crippen LogP contribution in [0.5, 0.6) is 0 Å². The maximum Gasteiger partial charge on any atom is 0.0294 e. The van der Waals surface area contributed by atoms with Crippen LogP contribution in [0.15, 0.2) is 11.1 Å². The van der Waals surface area contributed by atoms with Crippen LogP contribution in [0.2, 0.25) is 0 Å². The summed E-state index contributed by atoms with van der Waals surface area (Å²) >= 11 is 5.41. The summed E-state index contributed by atoms with van der Waals surface area (Å²) in [6, 6.07) is 0. The second-order valence-electron chi connectivity index (χ2n) is 2.41. The van der Waals surface area contributed by atoms with Crippen molar-refractivity contribution in [1.29, 1.82) is 0 Å². The van der Waals surface area contributed by atoms with E-state index in [9.17, 15) is 0 Å². The number of rotatable bonds is 2. The van der Waals surface area contributed by atoms with Crippen LogP contribution in [-0.4, -0.2) is 36.0 Å². The predicted molar refractivity (Wildman–Crippen MR) is 51.8 cm³/mol. The molecule has 0 aromatic heterocycles. The SMILES string of the molecule is C=C(Br)CN1CCSCC1. The van der Waals surface area contributed by atoms with Gasteiger partial charge in [-0.2, -0.15) is 11.8 Å². The van der Waals surface area contributed by atoms with Gasteiger partial charge >= 0.3 is 0 Å². The molecular formula is C7H12BrNS. The average molecular weight is 222 g/mol. The Hall–Kier alpha value is 0.530. The molecule has 0 aliphatic carbocycles. The Kier molecular flexibility index (Phi) is 3.81. The van der Waals surface area contributed by atoms with Crippen LogP contribution in [0, 0.1) is 0 Å². The van der Waals surface area contributed by atoms with E-state index >= 15 is 0 Å². The molecule has 0 N–H and O–H groups in total. The van der Waals surface area contributed by atoms with Crippen molar-refractivity contribution in [1.82, 2.24) is 4.90 Å². The van der Waals surface area contributed by atoms with Gasteiger partial charge < -0.3 is 0 Å². The summed E-state index contributed by atoms with van der Waals surface area (Å²) in [7, 11) is 0. The zero-order chi connectivity index (χ0) is 7.40. The first-order valence-corrected chi connectivity index (χ1v) is 5.37. The molecule has 0 bridgehead atoms. The molecule has 1 heterocycles. The van der Waals surface area contributed by atoms with E-state index < -0.39 is 0 Å². The minimum atomic E-state index is 1.01. The maximum absolute atomic E-state index is 3.82. The normalized spacial score (nSPS) is 20.9. The number of hydrogen-bond acceptors (Lipinski definition) is 2. The van der Waals surface area contributed by atoms with Crippen molar-refractivity contribution in [2.75, 3.05) is 31.1 Å². The van der Waals surface area contributed by atoms with E-state index in [-0.39, 0.29) is 0 Å². The molecule has 1 rings (SSSR count). The average Bonchev–Trinajstić information content (AvgIpc) is 1.88. The van der Waals surface area contributed by atoms with Crippen LogP contribution in [0.1, 0.15) is 0 Å². The zero-order valence-electron chi connectivity index (χ0n) is 5.98. The molecule has 0 radical (unpaired) electrons. The summed E-state index contributed by atoms with van der Waals surface area (Å²) in [6.45, 7) is 7.27. The van der Waals surface area contributed by atoms with Crippen molar-refractivity contribution in [2.24, 2.45) is 0 Å². The number of halogens is 1. The quantitative estimate of drug-likeness (QED) is 0.702. The number of hydrogen-bond donors (Lipinski definition) is 0. The first kappa shape index (κ1) is 8.62. The van der Waals surface area contributed by atoms with Gasteiger partial charge in [-0.15, -0.1) is 0 Å². The Morgan fingerprint density at radius 3 is 2.60 bits per heavy atom. The Bertz CT molecular complexity index is 121. The standard InChI is InChI=1S/C7H12BrNS/c1-7(8)6-9-2-4-10-5-3-9/h1-6H2. The van der Waals surface area contributed by atoms with Crippen LogP contribution in [0.3, 0.4) is 0 Å². The fourth-order valence-corrected chi connectivity index (χ4v) is 2.34. The highest BCUT2D eigenvalue weighted by Crippen LogP contribution is 2.11. The van der Waals surface area contributed by atoms with E-state index in [2.05, 4.69) is 27.4 Å². The lowest BCUT2D eigenvalue weighted by Crippen LogP contribution is -2.33. The molecule has 0 amide bonds. The largest absolute Gasteiger partial charge is 0.297 e. The molecule has 1 aliphatic rings. The van der Waals surface area contributed by atoms with E-state index in [1.165, 1.54) is 24.6 Å². The molecule has 0 unspecified atom stereocenters. The first-order chi connectivity index (χ1) is 4.79. The molecule has 3 heteroatoms. The van der Waals surface area contributed by atoms with Gasteiger partial charge in [0, 0.05) is 35.6 Å². The number of nitrogens with zero attached hydrogens (tertiary/aromatic N) is 1. The Balaban J connectivity index is 2.19. The summed E-state index contributed by atoms with van der Waals surface area (Å²) in [5.74, 6) is 2.56. The number of thioether (sulfide) groups is 1. The van der Waals surface area contributed by atoms with Gasteiger partial charge in [0.1, 0.15) is 0 Å². The lowest BCUT2D eigenvalue weighted by molar-refractivity contribution is 0.334. The summed E-state index contributed by atoms with van der Waals surface area (Å²) in [4.78, 5) is 2.42. The molecule has 0 spiro atoms. The minimum absolute atomic E-state index is 1.01. The fourth-order valence-electron chi connectivity index (χ4n) is 1.00. The van der Waals surface area contributed by atoms with Gasteiger partial charge in [-0.25, -0.2) is 0 Å². The molecular weight excluding hydrogens is 210 g/mol. The van der Waals surface area contributed by atoms with Crippen LogP contribution in [-0.2, 0) is 0 Å². The van der Waals surface area contributed by atoms with Crippen molar-refractivity contribution in [2.45, 2.75) is 0 Å².